The Morgan fingerprint density at radius 2 is 1.86 bits per heavy atom. The Kier molecular flexibility index (Phi) is 6.47. The first-order chi connectivity index (χ1) is 10.0. The van der Waals surface area contributed by atoms with Crippen LogP contribution in [0.15, 0.2) is 0 Å². The highest BCUT2D eigenvalue weighted by atomic mass is 32.2. The van der Waals surface area contributed by atoms with Crippen molar-refractivity contribution in [2.45, 2.75) is 58.4 Å². The van der Waals surface area contributed by atoms with Crippen molar-refractivity contribution in [3.63, 3.8) is 0 Å². The molecule has 1 aliphatic heterocycles. The maximum atomic E-state index is 13.1. The summed E-state index contributed by atoms with van der Waals surface area (Å²) in [6.45, 7) is 7.94. The molecule has 124 valence electrons. The summed E-state index contributed by atoms with van der Waals surface area (Å²) in [4.78, 5) is 0. The summed E-state index contributed by atoms with van der Waals surface area (Å²) in [5.41, 5.74) is 0. The van der Waals surface area contributed by atoms with Gasteiger partial charge in [-0.1, -0.05) is 26.7 Å². The molecule has 0 unspecified atom stereocenters. The van der Waals surface area contributed by atoms with E-state index in [-0.39, 0.29) is 6.04 Å². The normalized spacial score (nSPS) is 23.0. The molecule has 2 fully saturated rings. The van der Waals surface area contributed by atoms with E-state index in [1.54, 1.807) is 4.31 Å². The first-order valence-electron chi connectivity index (χ1n) is 8.49. The van der Waals surface area contributed by atoms with Crippen molar-refractivity contribution < 1.29 is 8.42 Å². The first kappa shape index (κ1) is 17.2. The van der Waals surface area contributed by atoms with Gasteiger partial charge in [0, 0.05) is 32.2 Å². The molecule has 6 heteroatoms. The quantitative estimate of drug-likeness (QED) is 0.813. The third kappa shape index (κ3) is 4.65. The Bertz CT molecular complexity index is 397. The van der Waals surface area contributed by atoms with Crippen molar-refractivity contribution in [2.24, 2.45) is 5.92 Å². The van der Waals surface area contributed by atoms with E-state index in [0.717, 1.165) is 38.8 Å². The van der Waals surface area contributed by atoms with E-state index in [1.807, 2.05) is 4.31 Å². The van der Waals surface area contributed by atoms with E-state index in [4.69, 9.17) is 0 Å². The number of nitrogens with zero attached hydrogens (tertiary/aromatic N) is 2. The van der Waals surface area contributed by atoms with Crippen LogP contribution in [-0.2, 0) is 10.2 Å². The molecular weight excluding hydrogens is 286 g/mol. The van der Waals surface area contributed by atoms with Crippen LogP contribution in [0.25, 0.3) is 0 Å². The molecule has 0 bridgehead atoms. The van der Waals surface area contributed by atoms with Crippen LogP contribution >= 0.6 is 0 Å². The SMILES string of the molecule is CC(C)CCN(C1CCCC1)S(=O)(=O)N1CCCNCC1. The summed E-state index contributed by atoms with van der Waals surface area (Å²) < 4.78 is 29.6. The van der Waals surface area contributed by atoms with Crippen LogP contribution in [0.1, 0.15) is 52.4 Å². The highest BCUT2D eigenvalue weighted by molar-refractivity contribution is 7.86. The lowest BCUT2D eigenvalue weighted by Gasteiger charge is -2.33. The second kappa shape index (κ2) is 7.90. The molecule has 1 N–H and O–H groups in total. The Morgan fingerprint density at radius 1 is 1.14 bits per heavy atom. The van der Waals surface area contributed by atoms with Crippen LogP contribution in [0, 0.1) is 5.92 Å². The molecule has 1 saturated carbocycles. The van der Waals surface area contributed by atoms with Crippen molar-refractivity contribution >= 4 is 10.2 Å². The summed E-state index contributed by atoms with van der Waals surface area (Å²) in [5.74, 6) is 0.537. The Hall–Kier alpha value is -0.170. The second-order valence-electron chi connectivity index (χ2n) is 6.74. The monoisotopic (exact) mass is 317 g/mol. The minimum absolute atomic E-state index is 0.227. The number of nitrogens with one attached hydrogen (secondary N) is 1. The molecule has 2 aliphatic rings. The van der Waals surface area contributed by atoms with Crippen molar-refractivity contribution in [2.75, 3.05) is 32.7 Å². The zero-order chi connectivity index (χ0) is 15.3. The van der Waals surface area contributed by atoms with E-state index >= 15 is 0 Å². The van der Waals surface area contributed by atoms with Gasteiger partial charge in [-0.2, -0.15) is 17.0 Å². The van der Waals surface area contributed by atoms with Gasteiger partial charge < -0.3 is 5.32 Å². The van der Waals surface area contributed by atoms with Crippen molar-refractivity contribution in [1.82, 2.24) is 13.9 Å². The zero-order valence-corrected chi connectivity index (χ0v) is 14.4. The maximum absolute atomic E-state index is 13.1. The standard InChI is InChI=1S/C15H31N3O2S/c1-14(2)8-12-18(15-6-3-4-7-15)21(19,20)17-11-5-9-16-10-13-17/h14-16H,3-13H2,1-2H3. The molecule has 21 heavy (non-hydrogen) atoms. The van der Waals surface area contributed by atoms with Gasteiger partial charge in [0.1, 0.15) is 0 Å². The molecule has 1 heterocycles. The fourth-order valence-electron chi connectivity index (χ4n) is 3.26. The summed E-state index contributed by atoms with van der Waals surface area (Å²) in [7, 11) is -3.30. The van der Waals surface area contributed by atoms with Gasteiger partial charge in [0.05, 0.1) is 0 Å². The van der Waals surface area contributed by atoms with Gasteiger partial charge in [0.2, 0.25) is 0 Å². The van der Waals surface area contributed by atoms with Crippen molar-refractivity contribution in [3.05, 3.63) is 0 Å². The van der Waals surface area contributed by atoms with Gasteiger partial charge in [0.25, 0.3) is 10.2 Å². The summed E-state index contributed by atoms with van der Waals surface area (Å²) in [5, 5.41) is 3.28. The molecular formula is C15H31N3O2S. The van der Waals surface area contributed by atoms with Crippen LogP contribution in [0.4, 0.5) is 0 Å². The van der Waals surface area contributed by atoms with Crippen LogP contribution in [0.3, 0.4) is 0 Å². The van der Waals surface area contributed by atoms with Gasteiger partial charge in [-0.25, -0.2) is 0 Å². The predicted octanol–water partition coefficient (Wildman–Crippen LogP) is 1.82. The molecule has 0 aromatic carbocycles. The van der Waals surface area contributed by atoms with Crippen molar-refractivity contribution in [3.8, 4) is 0 Å². The largest absolute Gasteiger partial charge is 0.315 e. The Balaban J connectivity index is 2.11. The molecule has 0 atom stereocenters. The fourth-order valence-corrected chi connectivity index (χ4v) is 5.17. The van der Waals surface area contributed by atoms with Crippen LogP contribution in [-0.4, -0.2) is 55.8 Å². The molecule has 2 rings (SSSR count). The molecule has 0 radical (unpaired) electrons. The van der Waals surface area contributed by atoms with E-state index < -0.39 is 10.2 Å². The van der Waals surface area contributed by atoms with Gasteiger partial charge in [0.15, 0.2) is 0 Å². The fraction of sp³-hybridized carbons (Fsp3) is 1.00. The van der Waals surface area contributed by atoms with E-state index in [1.165, 1.54) is 12.8 Å². The molecule has 5 nitrogen and oxygen atoms in total. The molecule has 0 amide bonds. The number of rotatable bonds is 6. The summed E-state index contributed by atoms with van der Waals surface area (Å²) >= 11 is 0. The smallest absolute Gasteiger partial charge is 0.282 e. The van der Waals surface area contributed by atoms with E-state index in [9.17, 15) is 8.42 Å². The highest BCUT2D eigenvalue weighted by Gasteiger charge is 2.36. The summed E-state index contributed by atoms with van der Waals surface area (Å²) in [6, 6.07) is 0.227. The van der Waals surface area contributed by atoms with Gasteiger partial charge >= 0.3 is 0 Å². The average molecular weight is 317 g/mol. The van der Waals surface area contributed by atoms with E-state index in [2.05, 4.69) is 19.2 Å². The second-order valence-corrected chi connectivity index (χ2v) is 8.62. The van der Waals surface area contributed by atoms with Gasteiger partial charge in [-0.15, -0.1) is 0 Å². The minimum atomic E-state index is -3.30. The lowest BCUT2D eigenvalue weighted by atomic mass is 10.1. The number of hydrogen-bond acceptors (Lipinski definition) is 3. The molecule has 0 spiro atoms. The van der Waals surface area contributed by atoms with Crippen LogP contribution in [0.2, 0.25) is 0 Å². The van der Waals surface area contributed by atoms with Gasteiger partial charge in [-0.05, 0) is 38.1 Å². The average Bonchev–Trinajstić information content (AvgIpc) is 2.79. The predicted molar refractivity (Wildman–Crippen MR) is 86.4 cm³/mol. The topological polar surface area (TPSA) is 52.7 Å². The number of hydrogen-bond donors (Lipinski definition) is 1. The molecule has 0 aromatic heterocycles. The third-order valence-electron chi connectivity index (χ3n) is 4.58. The molecule has 0 aromatic rings. The first-order valence-corrected chi connectivity index (χ1v) is 9.89. The summed E-state index contributed by atoms with van der Waals surface area (Å²) in [6.07, 6.45) is 6.25. The van der Waals surface area contributed by atoms with Gasteiger partial charge in [-0.3, -0.25) is 0 Å². The van der Waals surface area contributed by atoms with Crippen LogP contribution in [0.5, 0.6) is 0 Å². The van der Waals surface area contributed by atoms with Crippen LogP contribution < -0.4 is 5.32 Å². The lowest BCUT2D eigenvalue weighted by Crippen LogP contribution is -2.49. The Labute approximate surface area is 130 Å². The third-order valence-corrected chi connectivity index (χ3v) is 6.67. The maximum Gasteiger partial charge on any atom is 0.282 e. The Morgan fingerprint density at radius 3 is 2.52 bits per heavy atom. The molecule has 1 saturated heterocycles. The molecule has 1 aliphatic carbocycles. The van der Waals surface area contributed by atoms with E-state index in [0.29, 0.717) is 25.6 Å². The highest BCUT2D eigenvalue weighted by Crippen LogP contribution is 2.28. The van der Waals surface area contributed by atoms with Crippen molar-refractivity contribution in [1.29, 1.82) is 0 Å². The lowest BCUT2D eigenvalue weighted by molar-refractivity contribution is 0.274. The minimum Gasteiger partial charge on any atom is -0.315 e. The zero-order valence-electron chi connectivity index (χ0n) is 13.6.